The summed E-state index contributed by atoms with van der Waals surface area (Å²) in [4.78, 5) is 23.9. The van der Waals surface area contributed by atoms with E-state index in [0.717, 1.165) is 35.2 Å². The first-order chi connectivity index (χ1) is 14.3. The Bertz CT molecular complexity index is 898. The predicted molar refractivity (Wildman–Crippen MR) is 116 cm³/mol. The Morgan fingerprint density at radius 3 is 2.73 bits per heavy atom. The summed E-state index contributed by atoms with van der Waals surface area (Å²) < 4.78 is 18.0. The highest BCUT2D eigenvalue weighted by atomic mass is 19.1. The maximum Gasteiger partial charge on any atom is 0.254 e. The van der Waals surface area contributed by atoms with Crippen molar-refractivity contribution in [2.24, 2.45) is 4.99 Å². The van der Waals surface area contributed by atoms with Crippen LogP contribution in [0.15, 0.2) is 39.8 Å². The van der Waals surface area contributed by atoms with Crippen LogP contribution in [0.1, 0.15) is 51.8 Å². The number of aliphatic imine (C=N–C) groups is 1. The largest absolute Gasteiger partial charge is 0.490 e. The number of nitrogens with one attached hydrogen (secondary N) is 1. The van der Waals surface area contributed by atoms with Gasteiger partial charge in [0.2, 0.25) is 0 Å². The van der Waals surface area contributed by atoms with Crippen LogP contribution in [0.4, 0.5) is 4.39 Å². The summed E-state index contributed by atoms with van der Waals surface area (Å²) in [5.41, 5.74) is 4.19. The molecule has 30 heavy (non-hydrogen) atoms. The lowest BCUT2D eigenvalue weighted by Gasteiger charge is -2.31. The third kappa shape index (κ3) is 4.71. The summed E-state index contributed by atoms with van der Waals surface area (Å²) in [6.07, 6.45) is 4.43. The second-order valence-corrected chi connectivity index (χ2v) is 8.44. The molecule has 1 aromatic rings. The minimum Gasteiger partial charge on any atom is -0.490 e. The minimum atomic E-state index is -0.538. The van der Waals surface area contributed by atoms with Gasteiger partial charge < -0.3 is 15.0 Å². The molecule has 0 aromatic carbocycles. The van der Waals surface area contributed by atoms with E-state index in [1.165, 1.54) is 0 Å². The van der Waals surface area contributed by atoms with Crippen LogP contribution >= 0.6 is 0 Å². The Balaban J connectivity index is 1.84. The summed E-state index contributed by atoms with van der Waals surface area (Å²) in [7, 11) is 0. The number of allylic oxidation sites excluding steroid dienone is 1. The Morgan fingerprint density at radius 2 is 2.13 bits per heavy atom. The Kier molecular flexibility index (Phi) is 6.58. The van der Waals surface area contributed by atoms with E-state index in [-0.39, 0.29) is 18.1 Å². The average Bonchev–Trinajstić information content (AvgIpc) is 3.46. The number of alkyl halides is 1. The molecule has 1 saturated carbocycles. The van der Waals surface area contributed by atoms with Crippen molar-refractivity contribution in [2.45, 2.75) is 59.0 Å². The van der Waals surface area contributed by atoms with Gasteiger partial charge in [0.25, 0.3) is 5.91 Å². The number of aromatic nitrogens is 1. The number of halogens is 1. The standard InChI is InChI=1S/C23H31FN4O2/c1-15(2)20(16(3)21(25-5)27-23(4)8-9-23)22(29)28-12-7-17-18(14-28)26-11-6-19(17)30-13-10-24/h6,11,27H,5,7-10,12-14H2,1-4H3/b21-16-. The van der Waals surface area contributed by atoms with Crippen molar-refractivity contribution in [1.29, 1.82) is 0 Å². The fraction of sp³-hybridized carbons (Fsp3) is 0.522. The second-order valence-electron chi connectivity index (χ2n) is 8.44. The van der Waals surface area contributed by atoms with Gasteiger partial charge in [-0.2, -0.15) is 0 Å². The maximum atomic E-state index is 13.5. The zero-order valence-electron chi connectivity index (χ0n) is 18.3. The number of hydrogen-bond acceptors (Lipinski definition) is 5. The van der Waals surface area contributed by atoms with Gasteiger partial charge in [0.15, 0.2) is 0 Å². The molecular weight excluding hydrogens is 383 g/mol. The van der Waals surface area contributed by atoms with Gasteiger partial charge in [-0.3, -0.25) is 9.78 Å². The third-order valence-electron chi connectivity index (χ3n) is 5.72. The molecule has 7 heteroatoms. The van der Waals surface area contributed by atoms with Gasteiger partial charge in [0.05, 0.1) is 12.2 Å². The van der Waals surface area contributed by atoms with Gasteiger partial charge in [-0.25, -0.2) is 9.38 Å². The van der Waals surface area contributed by atoms with E-state index < -0.39 is 6.67 Å². The van der Waals surface area contributed by atoms with E-state index in [2.05, 4.69) is 28.9 Å². The van der Waals surface area contributed by atoms with Crippen LogP contribution in [0.25, 0.3) is 0 Å². The van der Waals surface area contributed by atoms with Crippen molar-refractivity contribution in [2.75, 3.05) is 19.8 Å². The number of nitrogens with zero attached hydrogens (tertiary/aromatic N) is 3. The van der Waals surface area contributed by atoms with E-state index in [4.69, 9.17) is 4.74 Å². The van der Waals surface area contributed by atoms with E-state index in [1.54, 1.807) is 17.2 Å². The lowest BCUT2D eigenvalue weighted by Crippen LogP contribution is -2.38. The first kappa shape index (κ1) is 22.0. The minimum absolute atomic E-state index is 0.0221. The van der Waals surface area contributed by atoms with Gasteiger partial charge in [-0.15, -0.1) is 0 Å². The Morgan fingerprint density at radius 1 is 1.40 bits per heavy atom. The number of hydrogen-bond donors (Lipinski definition) is 1. The smallest absolute Gasteiger partial charge is 0.254 e. The molecular formula is C23H31FN4O2. The quantitative estimate of drug-likeness (QED) is 0.400. The Labute approximate surface area is 177 Å². The summed E-state index contributed by atoms with van der Waals surface area (Å²) in [6.45, 7) is 12.1. The number of carbonyl (C=O) groups is 1. The SMILES string of the molecule is C=N/C(NC1(C)CC1)=C(\C)C(C(=O)N1CCc2c(OCCF)ccnc2C1)=C(C)C. The molecule has 0 bridgehead atoms. The normalized spacial score (nSPS) is 17.4. The summed E-state index contributed by atoms with van der Waals surface area (Å²) in [6, 6.07) is 1.76. The van der Waals surface area contributed by atoms with Crippen LogP contribution in [0, 0.1) is 0 Å². The predicted octanol–water partition coefficient (Wildman–Crippen LogP) is 3.73. The van der Waals surface area contributed by atoms with Crippen LogP contribution < -0.4 is 10.1 Å². The van der Waals surface area contributed by atoms with E-state index in [0.29, 0.717) is 36.7 Å². The number of fused-ring (bicyclic) bond motifs is 1. The van der Waals surface area contributed by atoms with Crippen LogP contribution in [0.5, 0.6) is 5.75 Å². The molecule has 2 aliphatic rings. The van der Waals surface area contributed by atoms with E-state index >= 15 is 0 Å². The number of amides is 1. The molecule has 162 valence electrons. The Hall–Kier alpha value is -2.70. The zero-order chi connectivity index (χ0) is 21.9. The van der Waals surface area contributed by atoms with Crippen molar-refractivity contribution in [1.82, 2.24) is 15.2 Å². The molecule has 2 heterocycles. The molecule has 1 aliphatic carbocycles. The van der Waals surface area contributed by atoms with Gasteiger partial charge in [0, 0.05) is 35.0 Å². The maximum absolute atomic E-state index is 13.5. The molecule has 3 rings (SSSR count). The molecule has 0 unspecified atom stereocenters. The van der Waals surface area contributed by atoms with Gasteiger partial charge >= 0.3 is 0 Å². The van der Waals surface area contributed by atoms with Gasteiger partial charge in [0.1, 0.15) is 24.9 Å². The fourth-order valence-corrected chi connectivity index (χ4v) is 3.76. The average molecular weight is 415 g/mol. The summed E-state index contributed by atoms with van der Waals surface area (Å²) in [5, 5.41) is 3.44. The lowest BCUT2D eigenvalue weighted by molar-refractivity contribution is -0.127. The molecule has 1 aliphatic heterocycles. The van der Waals surface area contributed by atoms with Gasteiger partial charge in [-0.05, 0) is 59.7 Å². The number of rotatable bonds is 8. The summed E-state index contributed by atoms with van der Waals surface area (Å²) in [5.74, 6) is 1.28. The molecule has 1 amide bonds. The number of pyridine rings is 1. The van der Waals surface area contributed by atoms with Crippen molar-refractivity contribution in [3.63, 3.8) is 0 Å². The zero-order valence-corrected chi connectivity index (χ0v) is 18.3. The summed E-state index contributed by atoms with van der Waals surface area (Å²) >= 11 is 0. The molecule has 6 nitrogen and oxygen atoms in total. The molecule has 1 fully saturated rings. The number of ether oxygens (including phenoxy) is 1. The molecule has 0 saturated heterocycles. The second kappa shape index (κ2) is 8.98. The van der Waals surface area contributed by atoms with Crippen LogP contribution in [-0.4, -0.2) is 47.9 Å². The number of carbonyl (C=O) groups excluding carboxylic acids is 1. The monoisotopic (exact) mass is 414 g/mol. The highest BCUT2D eigenvalue weighted by molar-refractivity contribution is 5.98. The molecule has 1 aromatic heterocycles. The first-order valence-electron chi connectivity index (χ1n) is 10.4. The first-order valence-corrected chi connectivity index (χ1v) is 10.4. The van der Waals surface area contributed by atoms with E-state index in [1.807, 2.05) is 20.8 Å². The molecule has 0 atom stereocenters. The lowest BCUT2D eigenvalue weighted by atomic mass is 9.98. The van der Waals surface area contributed by atoms with E-state index in [9.17, 15) is 9.18 Å². The topological polar surface area (TPSA) is 66.8 Å². The fourth-order valence-electron chi connectivity index (χ4n) is 3.76. The van der Waals surface area contributed by atoms with Crippen LogP contribution in [-0.2, 0) is 17.8 Å². The van der Waals surface area contributed by atoms with Crippen molar-refractivity contribution < 1.29 is 13.9 Å². The van der Waals surface area contributed by atoms with Crippen LogP contribution in [0.3, 0.4) is 0 Å². The van der Waals surface area contributed by atoms with Gasteiger partial charge in [-0.1, -0.05) is 5.57 Å². The van der Waals surface area contributed by atoms with Crippen LogP contribution in [0.2, 0.25) is 0 Å². The highest BCUT2D eigenvalue weighted by Gasteiger charge is 2.38. The van der Waals surface area contributed by atoms with Crippen molar-refractivity contribution >= 4 is 12.6 Å². The van der Waals surface area contributed by atoms with Crippen molar-refractivity contribution in [3.8, 4) is 5.75 Å². The van der Waals surface area contributed by atoms with Crippen molar-refractivity contribution in [3.05, 3.63) is 46.1 Å². The molecule has 0 radical (unpaired) electrons. The third-order valence-corrected chi connectivity index (χ3v) is 5.72. The molecule has 0 spiro atoms. The molecule has 1 N–H and O–H groups in total. The highest BCUT2D eigenvalue weighted by Crippen LogP contribution is 2.36.